The zero-order chi connectivity index (χ0) is 15.7. The van der Waals surface area contributed by atoms with Crippen LogP contribution in [-0.4, -0.2) is 44.3 Å². The minimum atomic E-state index is -0.965. The molecule has 3 rings (SSSR count). The van der Waals surface area contributed by atoms with E-state index in [2.05, 4.69) is 5.10 Å². The molecule has 2 aromatic rings. The average molecular weight is 320 g/mol. The molecule has 0 unspecified atom stereocenters. The van der Waals surface area contributed by atoms with Crippen LogP contribution in [0.2, 0.25) is 5.02 Å². The second-order valence-corrected chi connectivity index (χ2v) is 5.58. The third kappa shape index (κ3) is 2.69. The lowest BCUT2D eigenvalue weighted by Gasteiger charge is -2.20. The van der Waals surface area contributed by atoms with Gasteiger partial charge in [-0.1, -0.05) is 17.7 Å². The number of benzene rings is 1. The summed E-state index contributed by atoms with van der Waals surface area (Å²) in [5.41, 5.74) is 1.11. The highest BCUT2D eigenvalue weighted by Crippen LogP contribution is 2.21. The fraction of sp³-hybridized carbons (Fsp3) is 0.267. The summed E-state index contributed by atoms with van der Waals surface area (Å²) in [4.78, 5) is 25.0. The third-order valence-corrected chi connectivity index (χ3v) is 3.94. The highest BCUT2D eigenvalue weighted by molar-refractivity contribution is 6.30. The standard InChI is InChI=1S/C15H14ClN3O3/c16-11-3-1-4-12(7-11)19-9-10(8-17-19)14(20)18-6-2-5-13(18)15(21)22/h1,3-4,7-9,13H,2,5-6H2,(H,21,22)/t13-/m1/s1. The van der Waals surface area contributed by atoms with E-state index in [1.54, 1.807) is 29.1 Å². The Bertz CT molecular complexity index is 728. The average Bonchev–Trinajstić information content (AvgIpc) is 3.16. The van der Waals surface area contributed by atoms with Crippen LogP contribution in [0.15, 0.2) is 36.7 Å². The molecule has 0 aliphatic carbocycles. The van der Waals surface area contributed by atoms with E-state index < -0.39 is 12.0 Å². The number of hydrogen-bond acceptors (Lipinski definition) is 3. The summed E-state index contributed by atoms with van der Waals surface area (Å²) in [6.07, 6.45) is 4.22. The van der Waals surface area contributed by atoms with Crippen molar-refractivity contribution in [3.63, 3.8) is 0 Å². The summed E-state index contributed by atoms with van der Waals surface area (Å²) in [6.45, 7) is 0.456. The third-order valence-electron chi connectivity index (χ3n) is 3.70. The van der Waals surface area contributed by atoms with Crippen LogP contribution in [0.4, 0.5) is 0 Å². The molecule has 0 spiro atoms. The molecule has 22 heavy (non-hydrogen) atoms. The van der Waals surface area contributed by atoms with Crippen LogP contribution in [-0.2, 0) is 4.79 Å². The molecular formula is C15H14ClN3O3. The van der Waals surface area contributed by atoms with E-state index in [4.69, 9.17) is 16.7 Å². The fourth-order valence-electron chi connectivity index (χ4n) is 2.63. The highest BCUT2D eigenvalue weighted by atomic mass is 35.5. The second kappa shape index (κ2) is 5.81. The Kier molecular flexibility index (Phi) is 3.85. The molecule has 0 radical (unpaired) electrons. The molecule has 1 aromatic carbocycles. The Balaban J connectivity index is 1.84. The summed E-state index contributed by atoms with van der Waals surface area (Å²) >= 11 is 5.94. The van der Waals surface area contributed by atoms with Crippen molar-refractivity contribution in [1.29, 1.82) is 0 Å². The lowest BCUT2D eigenvalue weighted by atomic mass is 10.2. The van der Waals surface area contributed by atoms with Crippen molar-refractivity contribution in [1.82, 2.24) is 14.7 Å². The van der Waals surface area contributed by atoms with Crippen molar-refractivity contribution in [3.05, 3.63) is 47.2 Å². The van der Waals surface area contributed by atoms with Crippen molar-refractivity contribution in [2.24, 2.45) is 0 Å². The van der Waals surface area contributed by atoms with Gasteiger partial charge in [-0.05, 0) is 31.0 Å². The van der Waals surface area contributed by atoms with Crippen molar-refractivity contribution >= 4 is 23.5 Å². The van der Waals surface area contributed by atoms with Gasteiger partial charge in [0.15, 0.2) is 0 Å². The zero-order valence-corrected chi connectivity index (χ0v) is 12.4. The number of amides is 1. The summed E-state index contributed by atoms with van der Waals surface area (Å²) in [5, 5.41) is 13.9. The van der Waals surface area contributed by atoms with Gasteiger partial charge in [-0.15, -0.1) is 0 Å². The molecular weight excluding hydrogens is 306 g/mol. The Morgan fingerprint density at radius 3 is 2.91 bits per heavy atom. The predicted octanol–water partition coefficient (Wildman–Crippen LogP) is 2.21. The molecule has 2 heterocycles. The van der Waals surface area contributed by atoms with E-state index in [0.29, 0.717) is 30.0 Å². The first kappa shape index (κ1) is 14.6. The molecule has 1 N–H and O–H groups in total. The number of carbonyl (C=O) groups is 2. The number of carboxylic acid groups (broad SMARTS) is 1. The van der Waals surface area contributed by atoms with Gasteiger partial charge in [0.05, 0.1) is 17.4 Å². The van der Waals surface area contributed by atoms with Crippen molar-refractivity contribution in [3.8, 4) is 5.69 Å². The van der Waals surface area contributed by atoms with E-state index in [1.807, 2.05) is 6.07 Å². The first-order valence-electron chi connectivity index (χ1n) is 6.90. The van der Waals surface area contributed by atoms with Crippen LogP contribution < -0.4 is 0 Å². The maximum absolute atomic E-state index is 12.5. The lowest BCUT2D eigenvalue weighted by molar-refractivity contribution is -0.141. The van der Waals surface area contributed by atoms with Gasteiger partial charge in [0.2, 0.25) is 0 Å². The molecule has 1 fully saturated rings. The van der Waals surface area contributed by atoms with Crippen LogP contribution in [0.3, 0.4) is 0 Å². The summed E-state index contributed by atoms with van der Waals surface area (Å²) in [5.74, 6) is -1.27. The molecule has 6 nitrogen and oxygen atoms in total. The maximum atomic E-state index is 12.5. The van der Waals surface area contributed by atoms with Crippen LogP contribution in [0.5, 0.6) is 0 Å². The Hall–Kier alpha value is -2.34. The predicted molar refractivity (Wildman–Crippen MR) is 80.3 cm³/mol. The molecule has 7 heteroatoms. The number of rotatable bonds is 3. The summed E-state index contributed by atoms with van der Waals surface area (Å²) in [6, 6.07) is 6.35. The van der Waals surface area contributed by atoms with Gasteiger partial charge in [-0.25, -0.2) is 9.48 Å². The molecule has 1 aliphatic heterocycles. The van der Waals surface area contributed by atoms with E-state index in [-0.39, 0.29) is 5.91 Å². The molecule has 114 valence electrons. The molecule has 0 bridgehead atoms. The van der Waals surface area contributed by atoms with Gasteiger partial charge in [-0.2, -0.15) is 5.10 Å². The van der Waals surface area contributed by atoms with E-state index in [0.717, 1.165) is 5.69 Å². The van der Waals surface area contributed by atoms with Crippen molar-refractivity contribution < 1.29 is 14.7 Å². The first-order valence-corrected chi connectivity index (χ1v) is 7.28. The lowest BCUT2D eigenvalue weighted by Crippen LogP contribution is -2.40. The molecule has 1 atom stereocenters. The van der Waals surface area contributed by atoms with Crippen LogP contribution >= 0.6 is 11.6 Å². The van der Waals surface area contributed by atoms with Gasteiger partial charge in [0.1, 0.15) is 6.04 Å². The normalized spacial score (nSPS) is 17.7. The Labute approximate surface area is 131 Å². The number of halogens is 1. The number of aliphatic carboxylic acids is 1. The SMILES string of the molecule is O=C(O)[C@H]1CCCN1C(=O)c1cnn(-c2cccc(Cl)c2)c1. The molecule has 1 saturated heterocycles. The number of aromatic nitrogens is 2. The minimum absolute atomic E-state index is 0.307. The van der Waals surface area contributed by atoms with Crippen molar-refractivity contribution in [2.45, 2.75) is 18.9 Å². The minimum Gasteiger partial charge on any atom is -0.480 e. The number of nitrogens with zero attached hydrogens (tertiary/aromatic N) is 3. The summed E-state index contributed by atoms with van der Waals surface area (Å²) < 4.78 is 1.55. The van der Waals surface area contributed by atoms with Crippen LogP contribution in [0.25, 0.3) is 5.69 Å². The largest absolute Gasteiger partial charge is 0.480 e. The van der Waals surface area contributed by atoms with Gasteiger partial charge in [0.25, 0.3) is 5.91 Å². The number of likely N-dealkylation sites (tertiary alicyclic amines) is 1. The zero-order valence-electron chi connectivity index (χ0n) is 11.6. The Morgan fingerprint density at radius 1 is 1.36 bits per heavy atom. The van der Waals surface area contributed by atoms with Crippen LogP contribution in [0, 0.1) is 0 Å². The van der Waals surface area contributed by atoms with E-state index >= 15 is 0 Å². The molecule has 0 saturated carbocycles. The number of carbonyl (C=O) groups excluding carboxylic acids is 1. The topological polar surface area (TPSA) is 75.4 Å². The second-order valence-electron chi connectivity index (χ2n) is 5.15. The quantitative estimate of drug-likeness (QED) is 0.941. The summed E-state index contributed by atoms with van der Waals surface area (Å²) in [7, 11) is 0. The van der Waals surface area contributed by atoms with Gasteiger partial charge < -0.3 is 10.0 Å². The molecule has 1 amide bonds. The van der Waals surface area contributed by atoms with Crippen molar-refractivity contribution in [2.75, 3.05) is 6.54 Å². The van der Waals surface area contributed by atoms with Gasteiger partial charge in [0, 0.05) is 17.8 Å². The monoisotopic (exact) mass is 319 g/mol. The number of carboxylic acids is 1. The Morgan fingerprint density at radius 2 is 2.18 bits per heavy atom. The van der Waals surface area contributed by atoms with Gasteiger partial charge in [-0.3, -0.25) is 4.79 Å². The first-order chi connectivity index (χ1) is 10.6. The fourth-order valence-corrected chi connectivity index (χ4v) is 2.81. The van der Waals surface area contributed by atoms with Crippen LogP contribution in [0.1, 0.15) is 23.2 Å². The highest BCUT2D eigenvalue weighted by Gasteiger charge is 2.34. The van der Waals surface area contributed by atoms with E-state index in [1.165, 1.54) is 11.1 Å². The van der Waals surface area contributed by atoms with E-state index in [9.17, 15) is 9.59 Å². The van der Waals surface area contributed by atoms with Gasteiger partial charge >= 0.3 is 5.97 Å². The molecule has 1 aliphatic rings. The maximum Gasteiger partial charge on any atom is 0.326 e. The molecule has 1 aromatic heterocycles. The smallest absolute Gasteiger partial charge is 0.326 e. The number of hydrogen-bond donors (Lipinski definition) is 1.